The fraction of sp³-hybridized carbons (Fsp3) is 0.413. The van der Waals surface area contributed by atoms with Gasteiger partial charge >= 0.3 is 0 Å². The van der Waals surface area contributed by atoms with Gasteiger partial charge in [-0.1, -0.05) is 97.4 Å². The molecule has 0 spiro atoms. The number of para-hydroxylation sites is 2. The van der Waals surface area contributed by atoms with Gasteiger partial charge in [0, 0.05) is 49.3 Å². The average molecular weight is 699 g/mol. The van der Waals surface area contributed by atoms with Gasteiger partial charge in [-0.15, -0.1) is 0 Å². The van der Waals surface area contributed by atoms with E-state index < -0.39 is 17.1 Å². The Bertz CT molecular complexity index is 1880. The van der Waals surface area contributed by atoms with Crippen LogP contribution in [-0.4, -0.2) is 72.4 Å². The number of ether oxygens (including phenoxy) is 1. The van der Waals surface area contributed by atoms with Crippen LogP contribution in [0.3, 0.4) is 0 Å². The fourth-order valence-electron chi connectivity index (χ4n) is 9.20. The highest BCUT2D eigenvalue weighted by molar-refractivity contribution is 6.10. The number of hydrogen-bond donors (Lipinski definition) is 2. The van der Waals surface area contributed by atoms with Gasteiger partial charge in [0.25, 0.3) is 0 Å². The number of anilines is 1. The molecule has 4 atom stereocenters. The second kappa shape index (κ2) is 15.4. The standard InChI is InChI=1S/C46H54N2O4/c1-33-10-9-24-45(2)41(23-25-46(45,51)32-47-26-28-48(29-27-47)42-13-7-8-14-43(42)52-3)39-22-16-34(30-38(49)21-15-33)31-40(39)44(50)37-19-17-36(18-20-37)35-11-5-4-6-12-35/h4-8,10-14,16-20,22,31,38,41,49,51H,9,15,21,23-30,32H2,1-3H3. The van der Waals surface area contributed by atoms with Gasteiger partial charge in [0.2, 0.25) is 0 Å². The largest absolute Gasteiger partial charge is 0.495 e. The molecule has 52 heavy (non-hydrogen) atoms. The molecular weight excluding hydrogens is 645 g/mol. The molecule has 8 rings (SSSR count). The van der Waals surface area contributed by atoms with Gasteiger partial charge in [-0.05, 0) is 98.2 Å². The molecule has 1 heterocycles. The minimum absolute atomic E-state index is 0.000891. The summed E-state index contributed by atoms with van der Waals surface area (Å²) >= 11 is 0. The quantitative estimate of drug-likeness (QED) is 0.149. The number of methoxy groups -OCH3 is 1. The van der Waals surface area contributed by atoms with E-state index in [1.807, 2.05) is 60.7 Å². The summed E-state index contributed by atoms with van der Waals surface area (Å²) in [6.45, 7) is 8.51. The van der Waals surface area contributed by atoms with Crippen molar-refractivity contribution in [3.63, 3.8) is 0 Å². The summed E-state index contributed by atoms with van der Waals surface area (Å²) in [5.74, 6) is 0.895. The maximum absolute atomic E-state index is 14.6. The van der Waals surface area contributed by atoms with Crippen LogP contribution in [0.5, 0.6) is 5.75 Å². The van der Waals surface area contributed by atoms with Crippen molar-refractivity contribution in [3.8, 4) is 16.9 Å². The number of nitrogens with zero attached hydrogens (tertiary/aromatic N) is 2. The first-order valence-electron chi connectivity index (χ1n) is 19.2. The van der Waals surface area contributed by atoms with Gasteiger partial charge in [-0.25, -0.2) is 0 Å². The van der Waals surface area contributed by atoms with Gasteiger partial charge in [-0.3, -0.25) is 9.69 Å². The third-order valence-corrected chi connectivity index (χ3v) is 12.5. The number of ketones is 1. The Kier molecular flexibility index (Phi) is 10.7. The lowest BCUT2D eigenvalue weighted by Gasteiger charge is -2.47. The Morgan fingerprint density at radius 1 is 0.865 bits per heavy atom. The molecule has 2 fully saturated rings. The number of hydrogen-bond acceptors (Lipinski definition) is 6. The van der Waals surface area contributed by atoms with Crippen LogP contribution in [0.1, 0.15) is 85.3 Å². The third-order valence-electron chi connectivity index (χ3n) is 12.5. The monoisotopic (exact) mass is 698 g/mol. The number of allylic oxidation sites excluding steroid dienone is 2. The molecule has 0 radical (unpaired) electrons. The molecule has 1 saturated heterocycles. The van der Waals surface area contributed by atoms with E-state index in [9.17, 15) is 15.0 Å². The first-order chi connectivity index (χ1) is 25.2. The molecule has 2 N–H and O–H groups in total. The number of aliphatic hydroxyl groups is 2. The van der Waals surface area contributed by atoms with Crippen LogP contribution >= 0.6 is 0 Å². The van der Waals surface area contributed by atoms with E-state index in [0.29, 0.717) is 36.9 Å². The predicted octanol–water partition coefficient (Wildman–Crippen LogP) is 8.45. The molecule has 4 aliphatic rings. The van der Waals surface area contributed by atoms with Crippen molar-refractivity contribution in [1.82, 2.24) is 4.90 Å². The van der Waals surface area contributed by atoms with E-state index in [-0.39, 0.29) is 11.7 Å². The SMILES string of the molecule is COc1ccccc1N1CCN(CC2(O)CCC3c4ccc(cc4C(=O)c4ccc(-c5ccccc5)cc4)CC(O)CCC(C)=CCCC32C)CC1. The number of fused-ring (bicyclic) bond motifs is 8. The first kappa shape index (κ1) is 36.1. The maximum atomic E-state index is 14.6. The second-order valence-corrected chi connectivity index (χ2v) is 15.7. The normalized spacial score (nSPS) is 25.6. The highest BCUT2D eigenvalue weighted by atomic mass is 16.5. The van der Waals surface area contributed by atoms with Crippen LogP contribution < -0.4 is 9.64 Å². The number of benzene rings is 4. The zero-order valence-corrected chi connectivity index (χ0v) is 31.1. The highest BCUT2D eigenvalue weighted by Crippen LogP contribution is 2.59. The topological polar surface area (TPSA) is 73.2 Å². The lowest BCUT2D eigenvalue weighted by Crippen LogP contribution is -2.56. The minimum Gasteiger partial charge on any atom is -0.495 e. The van der Waals surface area contributed by atoms with Crippen molar-refractivity contribution in [2.45, 2.75) is 76.4 Å². The average Bonchev–Trinajstić information content (AvgIpc) is 3.42. The molecule has 3 aliphatic carbocycles. The molecule has 4 aromatic carbocycles. The summed E-state index contributed by atoms with van der Waals surface area (Å²) in [5.41, 5.74) is 6.57. The van der Waals surface area contributed by atoms with Crippen molar-refractivity contribution in [1.29, 1.82) is 0 Å². The molecule has 0 aromatic heterocycles. The summed E-state index contributed by atoms with van der Waals surface area (Å²) in [7, 11) is 1.72. The summed E-state index contributed by atoms with van der Waals surface area (Å²) in [5, 5.41) is 23.9. The molecule has 6 heteroatoms. The number of carbonyl (C=O) groups is 1. The van der Waals surface area contributed by atoms with Crippen molar-refractivity contribution >= 4 is 11.5 Å². The Labute approximate surface area is 309 Å². The smallest absolute Gasteiger partial charge is 0.193 e. The van der Waals surface area contributed by atoms with Crippen LogP contribution in [0.15, 0.2) is 109 Å². The molecule has 1 saturated carbocycles. The van der Waals surface area contributed by atoms with E-state index >= 15 is 0 Å². The minimum atomic E-state index is -0.921. The van der Waals surface area contributed by atoms with Gasteiger partial charge in [0.15, 0.2) is 5.78 Å². The van der Waals surface area contributed by atoms with Crippen LogP contribution in [0, 0.1) is 5.41 Å². The number of piperazine rings is 1. The summed E-state index contributed by atoms with van der Waals surface area (Å²) in [6.07, 6.45) is 7.02. The Morgan fingerprint density at radius 3 is 2.33 bits per heavy atom. The molecule has 2 bridgehead atoms. The Hall–Kier alpha value is -4.23. The lowest BCUT2D eigenvalue weighted by atomic mass is 9.64. The maximum Gasteiger partial charge on any atom is 0.193 e. The van der Waals surface area contributed by atoms with E-state index in [4.69, 9.17) is 4.74 Å². The van der Waals surface area contributed by atoms with Crippen molar-refractivity contribution in [2.75, 3.05) is 44.7 Å². The van der Waals surface area contributed by atoms with Crippen LogP contribution in [0.4, 0.5) is 5.69 Å². The van der Waals surface area contributed by atoms with Gasteiger partial charge in [0.1, 0.15) is 5.75 Å². The Balaban J connectivity index is 1.20. The zero-order chi connectivity index (χ0) is 36.3. The number of rotatable bonds is 7. The molecule has 4 aromatic rings. The van der Waals surface area contributed by atoms with E-state index in [2.05, 4.69) is 66.1 Å². The fourth-order valence-corrected chi connectivity index (χ4v) is 9.20. The third kappa shape index (κ3) is 7.34. The summed E-state index contributed by atoms with van der Waals surface area (Å²) in [4.78, 5) is 19.4. The first-order valence-corrected chi connectivity index (χ1v) is 19.2. The van der Waals surface area contributed by atoms with Crippen LogP contribution in [0.25, 0.3) is 11.1 Å². The van der Waals surface area contributed by atoms with Crippen LogP contribution in [0.2, 0.25) is 0 Å². The number of β-amino-alcohol motifs (C(OH)–C–C–N with tert-alkyl or cyclic N) is 1. The van der Waals surface area contributed by atoms with E-state index in [1.165, 1.54) is 5.57 Å². The molecule has 0 amide bonds. The molecule has 1 aliphatic heterocycles. The van der Waals surface area contributed by atoms with Gasteiger partial charge < -0.3 is 19.8 Å². The van der Waals surface area contributed by atoms with Gasteiger partial charge in [-0.2, -0.15) is 0 Å². The second-order valence-electron chi connectivity index (χ2n) is 15.7. The lowest BCUT2D eigenvalue weighted by molar-refractivity contribution is -0.0841. The molecular formula is C46H54N2O4. The van der Waals surface area contributed by atoms with E-state index in [0.717, 1.165) is 85.6 Å². The molecule has 4 unspecified atom stereocenters. The predicted molar refractivity (Wildman–Crippen MR) is 210 cm³/mol. The summed E-state index contributed by atoms with van der Waals surface area (Å²) in [6, 6.07) is 32.7. The highest BCUT2D eigenvalue weighted by Gasteiger charge is 2.57. The van der Waals surface area contributed by atoms with Crippen molar-refractivity contribution in [3.05, 3.63) is 131 Å². The number of carbonyl (C=O) groups excluding carboxylic acids is 1. The van der Waals surface area contributed by atoms with Gasteiger partial charge in [0.05, 0.1) is 24.5 Å². The summed E-state index contributed by atoms with van der Waals surface area (Å²) < 4.78 is 5.66. The van der Waals surface area contributed by atoms with Crippen LogP contribution in [-0.2, 0) is 6.42 Å². The van der Waals surface area contributed by atoms with Crippen molar-refractivity contribution < 1.29 is 19.7 Å². The number of aliphatic hydroxyl groups excluding tert-OH is 1. The Morgan fingerprint density at radius 2 is 1.58 bits per heavy atom. The van der Waals surface area contributed by atoms with Crippen molar-refractivity contribution in [2.24, 2.45) is 5.41 Å². The van der Waals surface area contributed by atoms with E-state index in [1.54, 1.807) is 7.11 Å². The molecule has 272 valence electrons. The zero-order valence-electron chi connectivity index (χ0n) is 31.1. The molecule has 6 nitrogen and oxygen atoms in total.